The molecule has 2 unspecified atom stereocenters. The number of carbonyl (C=O) groups is 2. The highest BCUT2D eigenvalue weighted by molar-refractivity contribution is 7.92. The molecule has 10 heteroatoms. The maximum Gasteiger partial charge on any atom is 0.244 e. The molecule has 0 aromatic heterocycles. The Morgan fingerprint density at radius 2 is 1.65 bits per heavy atom. The average Bonchev–Trinajstić information content (AvgIpc) is 2.91. The number of benzene rings is 2. The fourth-order valence-electron chi connectivity index (χ4n) is 4.05. The van der Waals surface area contributed by atoms with Gasteiger partial charge in [0.1, 0.15) is 25.8 Å². The summed E-state index contributed by atoms with van der Waals surface area (Å²) in [5.41, 5.74) is 1.14. The van der Waals surface area contributed by atoms with E-state index in [2.05, 4.69) is 5.32 Å². The summed E-state index contributed by atoms with van der Waals surface area (Å²) >= 11 is 0. The first kappa shape index (κ1) is 28.3. The number of hydrogen-bond donors (Lipinski definition) is 1. The zero-order valence-electron chi connectivity index (χ0n) is 22.0. The lowest BCUT2D eigenvalue weighted by Gasteiger charge is -2.33. The number of sulfonamides is 1. The first-order valence-corrected chi connectivity index (χ1v) is 14.3. The van der Waals surface area contributed by atoms with E-state index < -0.39 is 28.5 Å². The lowest BCUT2D eigenvalue weighted by Crippen LogP contribution is -2.53. The highest BCUT2D eigenvalue weighted by Gasteiger charge is 2.33. The van der Waals surface area contributed by atoms with Gasteiger partial charge >= 0.3 is 0 Å². The van der Waals surface area contributed by atoms with Crippen molar-refractivity contribution in [2.45, 2.75) is 59.2 Å². The van der Waals surface area contributed by atoms with Crippen LogP contribution in [-0.4, -0.2) is 62.7 Å². The van der Waals surface area contributed by atoms with E-state index in [-0.39, 0.29) is 24.2 Å². The molecular weight excluding hydrogens is 494 g/mol. The van der Waals surface area contributed by atoms with Gasteiger partial charge in [-0.05, 0) is 44.4 Å². The van der Waals surface area contributed by atoms with Crippen LogP contribution < -0.4 is 19.1 Å². The van der Waals surface area contributed by atoms with Gasteiger partial charge < -0.3 is 19.7 Å². The van der Waals surface area contributed by atoms with Gasteiger partial charge in [-0.2, -0.15) is 0 Å². The monoisotopic (exact) mass is 531 g/mol. The number of nitrogens with one attached hydrogen (secondary N) is 1. The van der Waals surface area contributed by atoms with Crippen molar-refractivity contribution in [3.8, 4) is 11.5 Å². The molecule has 0 spiro atoms. The maximum atomic E-state index is 13.8. The number of fused-ring (bicyclic) bond motifs is 1. The lowest BCUT2D eigenvalue weighted by molar-refractivity contribution is -0.140. The van der Waals surface area contributed by atoms with Gasteiger partial charge in [0.15, 0.2) is 11.5 Å². The smallest absolute Gasteiger partial charge is 0.244 e. The van der Waals surface area contributed by atoms with E-state index in [4.69, 9.17) is 9.47 Å². The Balaban J connectivity index is 1.96. The quantitative estimate of drug-likeness (QED) is 0.451. The van der Waals surface area contributed by atoms with Gasteiger partial charge in [-0.15, -0.1) is 0 Å². The van der Waals surface area contributed by atoms with Crippen molar-refractivity contribution in [1.29, 1.82) is 0 Å². The van der Waals surface area contributed by atoms with Gasteiger partial charge in [0.25, 0.3) is 0 Å². The second-order valence-corrected chi connectivity index (χ2v) is 11.2. The van der Waals surface area contributed by atoms with Gasteiger partial charge in [0.05, 0.1) is 11.4 Å². The molecule has 2 atom stereocenters. The van der Waals surface area contributed by atoms with Crippen molar-refractivity contribution in [3.05, 3.63) is 54.1 Å². The molecule has 2 amide bonds. The average molecular weight is 532 g/mol. The number of hydrogen-bond acceptors (Lipinski definition) is 6. The molecule has 0 saturated heterocycles. The fourth-order valence-corrected chi connectivity index (χ4v) is 5.10. The molecule has 0 fully saturated rings. The first-order valence-electron chi connectivity index (χ1n) is 12.7. The summed E-state index contributed by atoms with van der Waals surface area (Å²) in [6.07, 6.45) is 1.13. The molecule has 9 nitrogen and oxygen atoms in total. The third kappa shape index (κ3) is 7.15. The topological polar surface area (TPSA) is 105 Å². The van der Waals surface area contributed by atoms with Gasteiger partial charge in [0.2, 0.25) is 21.8 Å². The number of rotatable bonds is 12. The Morgan fingerprint density at radius 1 is 0.973 bits per heavy atom. The molecule has 2 aromatic rings. The second kappa shape index (κ2) is 12.8. The Kier molecular flexibility index (Phi) is 9.79. The molecule has 0 bridgehead atoms. The summed E-state index contributed by atoms with van der Waals surface area (Å²) in [5.74, 6) is 0.0213. The van der Waals surface area contributed by atoms with Crippen LogP contribution >= 0.6 is 0 Å². The predicted octanol–water partition coefficient (Wildman–Crippen LogP) is 3.34. The van der Waals surface area contributed by atoms with E-state index >= 15 is 0 Å². The number of nitrogens with zero attached hydrogens (tertiary/aromatic N) is 2. The summed E-state index contributed by atoms with van der Waals surface area (Å²) in [6.45, 7) is 7.74. The molecule has 1 aliphatic heterocycles. The molecule has 1 aliphatic rings. The van der Waals surface area contributed by atoms with Crippen molar-refractivity contribution < 1.29 is 27.5 Å². The number of ether oxygens (including phenoxy) is 2. The Morgan fingerprint density at radius 3 is 2.27 bits per heavy atom. The number of anilines is 1. The molecule has 1 N–H and O–H groups in total. The fraction of sp³-hybridized carbons (Fsp3) is 0.481. The minimum absolute atomic E-state index is 0.0510. The van der Waals surface area contributed by atoms with E-state index in [1.807, 2.05) is 51.1 Å². The third-order valence-electron chi connectivity index (χ3n) is 6.38. The van der Waals surface area contributed by atoms with Crippen LogP contribution in [0.2, 0.25) is 0 Å². The second-order valence-electron chi connectivity index (χ2n) is 8.98. The SMILES string of the molecule is CCC(C)NC(=O)C(CC)N(Cc1ccccc1)C(=O)CN(c1ccc2c(c1)OCCO2)S(=O)(=O)CC. The van der Waals surface area contributed by atoms with E-state index in [9.17, 15) is 18.0 Å². The van der Waals surface area contributed by atoms with Crippen molar-refractivity contribution in [2.24, 2.45) is 0 Å². The van der Waals surface area contributed by atoms with E-state index in [0.717, 1.165) is 16.3 Å². The van der Waals surface area contributed by atoms with Crippen molar-refractivity contribution in [2.75, 3.05) is 29.8 Å². The van der Waals surface area contributed by atoms with Gasteiger partial charge in [-0.25, -0.2) is 8.42 Å². The highest BCUT2D eigenvalue weighted by atomic mass is 32.2. The molecule has 37 heavy (non-hydrogen) atoms. The van der Waals surface area contributed by atoms with Crippen LogP contribution in [0.4, 0.5) is 5.69 Å². The van der Waals surface area contributed by atoms with Gasteiger partial charge in [-0.3, -0.25) is 13.9 Å². The molecule has 202 valence electrons. The number of amides is 2. The highest BCUT2D eigenvalue weighted by Crippen LogP contribution is 2.35. The molecule has 3 rings (SSSR count). The molecule has 0 saturated carbocycles. The van der Waals surface area contributed by atoms with Crippen LogP contribution in [0.5, 0.6) is 11.5 Å². The summed E-state index contributed by atoms with van der Waals surface area (Å²) < 4.78 is 38.6. The van der Waals surface area contributed by atoms with Crippen LogP contribution in [0.25, 0.3) is 0 Å². The normalized spacial score (nSPS) is 14.4. The zero-order chi connectivity index (χ0) is 27.0. The summed E-state index contributed by atoms with van der Waals surface area (Å²) in [6, 6.07) is 13.4. The molecular formula is C27H37N3O6S. The number of carbonyl (C=O) groups excluding carboxylic acids is 2. The van der Waals surface area contributed by atoms with Crippen molar-refractivity contribution >= 4 is 27.5 Å². The molecule has 2 aromatic carbocycles. The summed E-state index contributed by atoms with van der Waals surface area (Å²) in [5, 5.41) is 2.97. The standard InChI is InChI=1S/C27H37N3O6S/c1-5-20(4)28-27(32)23(6-2)29(18-21-11-9-8-10-12-21)26(31)19-30(37(33,34)7-3)22-13-14-24-25(17-22)36-16-15-35-24/h8-14,17,20,23H,5-7,15-16,18-19H2,1-4H3,(H,28,32). The molecule has 1 heterocycles. The van der Waals surface area contributed by atoms with Crippen molar-refractivity contribution in [1.82, 2.24) is 10.2 Å². The Bertz CT molecular complexity index is 1170. The molecule has 0 radical (unpaired) electrons. The van der Waals surface area contributed by atoms with Crippen LogP contribution in [0.15, 0.2) is 48.5 Å². The van der Waals surface area contributed by atoms with Crippen LogP contribution in [0.1, 0.15) is 46.1 Å². The van der Waals surface area contributed by atoms with Gasteiger partial charge in [-0.1, -0.05) is 44.2 Å². The summed E-state index contributed by atoms with van der Waals surface area (Å²) in [4.78, 5) is 28.5. The van der Waals surface area contributed by atoms with E-state index in [1.54, 1.807) is 18.2 Å². The van der Waals surface area contributed by atoms with E-state index in [1.165, 1.54) is 11.8 Å². The lowest BCUT2D eigenvalue weighted by atomic mass is 10.1. The third-order valence-corrected chi connectivity index (χ3v) is 8.12. The minimum Gasteiger partial charge on any atom is -0.486 e. The largest absolute Gasteiger partial charge is 0.486 e. The minimum atomic E-state index is -3.83. The Hall–Kier alpha value is -3.27. The van der Waals surface area contributed by atoms with Crippen LogP contribution in [0.3, 0.4) is 0 Å². The Labute approximate surface area is 219 Å². The van der Waals surface area contributed by atoms with E-state index in [0.29, 0.717) is 36.8 Å². The molecule has 0 aliphatic carbocycles. The van der Waals surface area contributed by atoms with Crippen molar-refractivity contribution in [3.63, 3.8) is 0 Å². The van der Waals surface area contributed by atoms with Crippen LogP contribution in [0, 0.1) is 0 Å². The predicted molar refractivity (Wildman–Crippen MR) is 143 cm³/mol. The van der Waals surface area contributed by atoms with Gasteiger partial charge in [0, 0.05) is 18.7 Å². The zero-order valence-corrected chi connectivity index (χ0v) is 22.8. The maximum absolute atomic E-state index is 13.8. The first-order chi connectivity index (χ1) is 17.7. The van der Waals surface area contributed by atoms with Crippen LogP contribution in [-0.2, 0) is 26.2 Å². The summed E-state index contributed by atoms with van der Waals surface area (Å²) in [7, 11) is -3.83.